The lowest BCUT2D eigenvalue weighted by Gasteiger charge is -2.34. The van der Waals surface area contributed by atoms with Gasteiger partial charge in [-0.2, -0.15) is 0 Å². The van der Waals surface area contributed by atoms with Gasteiger partial charge in [0.15, 0.2) is 0 Å². The molecule has 1 amide bonds. The highest BCUT2D eigenvalue weighted by Crippen LogP contribution is 2.15. The van der Waals surface area contributed by atoms with Crippen LogP contribution in [0.15, 0.2) is 0 Å². The highest BCUT2D eigenvalue weighted by Gasteiger charge is 2.27. The third kappa shape index (κ3) is 5.69. The Morgan fingerprint density at radius 3 is 2.78 bits per heavy atom. The van der Waals surface area contributed by atoms with Gasteiger partial charge in [-0.15, -0.1) is 0 Å². The van der Waals surface area contributed by atoms with Crippen LogP contribution in [0.4, 0.5) is 4.79 Å². The number of hydrogen-bond acceptors (Lipinski definition) is 4. The zero-order valence-corrected chi connectivity index (χ0v) is 11.8. The summed E-state index contributed by atoms with van der Waals surface area (Å²) in [5.74, 6) is 0. The fourth-order valence-electron chi connectivity index (χ4n) is 1.81. The van der Waals surface area contributed by atoms with E-state index in [1.165, 1.54) is 0 Å². The van der Waals surface area contributed by atoms with E-state index < -0.39 is 5.60 Å². The second-order valence-corrected chi connectivity index (χ2v) is 5.85. The monoisotopic (exact) mass is 259 g/mol. The molecule has 1 aliphatic rings. The van der Waals surface area contributed by atoms with Crippen molar-refractivity contribution in [3.8, 4) is 0 Å². The molecule has 1 rings (SSSR count). The Morgan fingerprint density at radius 2 is 2.22 bits per heavy atom. The summed E-state index contributed by atoms with van der Waals surface area (Å²) in [7, 11) is 0. The van der Waals surface area contributed by atoms with Crippen LogP contribution in [-0.2, 0) is 9.47 Å². The van der Waals surface area contributed by atoms with Crippen molar-refractivity contribution in [1.29, 1.82) is 0 Å². The van der Waals surface area contributed by atoms with E-state index in [0.29, 0.717) is 26.1 Å². The lowest BCUT2D eigenvalue weighted by atomic mass is 10.1. The molecule has 106 valence electrons. The van der Waals surface area contributed by atoms with Gasteiger partial charge in [0.2, 0.25) is 0 Å². The fraction of sp³-hybridized carbons (Fsp3) is 0.923. The topological polar surface area (TPSA) is 59.0 Å². The van der Waals surface area contributed by atoms with Gasteiger partial charge in [0.05, 0.1) is 25.4 Å². The summed E-state index contributed by atoms with van der Waals surface area (Å²) in [5, 5.41) is 9.25. The van der Waals surface area contributed by atoms with E-state index in [4.69, 9.17) is 9.47 Å². The van der Waals surface area contributed by atoms with E-state index >= 15 is 0 Å². The Balaban J connectivity index is 2.40. The highest BCUT2D eigenvalue weighted by molar-refractivity contribution is 5.68. The van der Waals surface area contributed by atoms with E-state index in [9.17, 15) is 9.90 Å². The van der Waals surface area contributed by atoms with Crippen molar-refractivity contribution in [3.05, 3.63) is 0 Å². The number of aliphatic hydroxyl groups excluding tert-OH is 1. The smallest absolute Gasteiger partial charge is 0.410 e. The molecule has 5 nitrogen and oxygen atoms in total. The van der Waals surface area contributed by atoms with Crippen LogP contribution in [0.25, 0.3) is 0 Å². The van der Waals surface area contributed by atoms with Crippen LogP contribution >= 0.6 is 0 Å². The molecular weight excluding hydrogens is 234 g/mol. The molecule has 0 aliphatic carbocycles. The predicted octanol–water partition coefficient (Wildman–Crippen LogP) is 1.78. The molecule has 1 aliphatic heterocycles. The summed E-state index contributed by atoms with van der Waals surface area (Å²) in [6.07, 6.45) is 0.836. The van der Waals surface area contributed by atoms with Crippen LogP contribution in [0.2, 0.25) is 0 Å². The third-order valence-electron chi connectivity index (χ3n) is 2.70. The third-order valence-corrected chi connectivity index (χ3v) is 2.70. The van der Waals surface area contributed by atoms with Gasteiger partial charge >= 0.3 is 6.09 Å². The number of amides is 1. The predicted molar refractivity (Wildman–Crippen MR) is 68.5 cm³/mol. The van der Waals surface area contributed by atoms with Crippen molar-refractivity contribution in [3.63, 3.8) is 0 Å². The first kappa shape index (κ1) is 15.2. The number of rotatable bonds is 3. The number of ether oxygens (including phenoxy) is 2. The molecule has 0 aromatic carbocycles. The van der Waals surface area contributed by atoms with Gasteiger partial charge in [-0.1, -0.05) is 0 Å². The number of morpholine rings is 1. The average molecular weight is 259 g/mol. The fourth-order valence-corrected chi connectivity index (χ4v) is 1.81. The maximum atomic E-state index is 11.9. The first-order valence-corrected chi connectivity index (χ1v) is 6.55. The van der Waals surface area contributed by atoms with Crippen LogP contribution in [-0.4, -0.2) is 53.6 Å². The van der Waals surface area contributed by atoms with Gasteiger partial charge in [-0.25, -0.2) is 4.79 Å². The normalized spacial score (nSPS) is 22.7. The van der Waals surface area contributed by atoms with Crippen LogP contribution in [0.5, 0.6) is 0 Å². The van der Waals surface area contributed by atoms with Gasteiger partial charge in [0.1, 0.15) is 5.60 Å². The molecule has 0 saturated carbocycles. The second kappa shape index (κ2) is 6.38. The molecule has 0 radical (unpaired) electrons. The summed E-state index contributed by atoms with van der Waals surface area (Å²) < 4.78 is 10.9. The zero-order chi connectivity index (χ0) is 13.8. The second-order valence-electron chi connectivity index (χ2n) is 5.85. The van der Waals surface area contributed by atoms with Crippen molar-refractivity contribution in [2.75, 3.05) is 19.7 Å². The number of carbonyl (C=O) groups excluding carboxylic acids is 1. The van der Waals surface area contributed by atoms with Crippen molar-refractivity contribution < 1.29 is 19.4 Å². The minimum absolute atomic E-state index is 0.000804. The summed E-state index contributed by atoms with van der Waals surface area (Å²) >= 11 is 0. The molecule has 18 heavy (non-hydrogen) atoms. The Labute approximate surface area is 109 Å². The maximum Gasteiger partial charge on any atom is 0.410 e. The number of nitrogens with zero attached hydrogens (tertiary/aromatic N) is 1. The molecular formula is C13H25NO4. The van der Waals surface area contributed by atoms with Crippen molar-refractivity contribution in [2.24, 2.45) is 0 Å². The summed E-state index contributed by atoms with van der Waals surface area (Å²) in [6, 6.07) is 0. The van der Waals surface area contributed by atoms with E-state index in [1.807, 2.05) is 20.8 Å². The van der Waals surface area contributed by atoms with Gasteiger partial charge in [0.25, 0.3) is 0 Å². The molecule has 1 saturated heterocycles. The van der Waals surface area contributed by atoms with Gasteiger partial charge in [0, 0.05) is 6.54 Å². The van der Waals surface area contributed by atoms with Crippen LogP contribution < -0.4 is 0 Å². The van der Waals surface area contributed by atoms with E-state index in [-0.39, 0.29) is 18.3 Å². The molecule has 1 N–H and O–H groups in total. The lowest BCUT2D eigenvalue weighted by Crippen LogP contribution is -2.47. The standard InChI is InChI=1S/C13H25NO4/c1-10(15)5-6-11-9-14(7-8-17-11)12(16)18-13(2,3)4/h10-11,15H,5-9H2,1-4H3. The van der Waals surface area contributed by atoms with Crippen molar-refractivity contribution >= 4 is 6.09 Å². The van der Waals surface area contributed by atoms with E-state index in [1.54, 1.807) is 11.8 Å². The Hall–Kier alpha value is -0.810. The highest BCUT2D eigenvalue weighted by atomic mass is 16.6. The Bertz CT molecular complexity index is 273. The van der Waals surface area contributed by atoms with E-state index in [0.717, 1.165) is 6.42 Å². The Morgan fingerprint density at radius 1 is 1.56 bits per heavy atom. The quantitative estimate of drug-likeness (QED) is 0.839. The van der Waals surface area contributed by atoms with Gasteiger partial charge < -0.3 is 19.5 Å². The van der Waals surface area contributed by atoms with Crippen LogP contribution in [0.3, 0.4) is 0 Å². The first-order valence-electron chi connectivity index (χ1n) is 6.55. The van der Waals surface area contributed by atoms with E-state index in [2.05, 4.69) is 0 Å². The van der Waals surface area contributed by atoms with Crippen molar-refractivity contribution in [2.45, 2.75) is 58.3 Å². The Kier molecular flexibility index (Phi) is 5.41. The summed E-state index contributed by atoms with van der Waals surface area (Å²) in [6.45, 7) is 8.97. The van der Waals surface area contributed by atoms with Gasteiger partial charge in [-0.05, 0) is 40.5 Å². The van der Waals surface area contributed by atoms with Gasteiger partial charge in [-0.3, -0.25) is 0 Å². The van der Waals surface area contributed by atoms with Crippen LogP contribution in [0.1, 0.15) is 40.5 Å². The molecule has 1 heterocycles. The largest absolute Gasteiger partial charge is 0.444 e. The molecule has 2 unspecified atom stereocenters. The minimum Gasteiger partial charge on any atom is -0.444 e. The van der Waals surface area contributed by atoms with Crippen molar-refractivity contribution in [1.82, 2.24) is 4.90 Å². The molecule has 1 fully saturated rings. The summed E-state index contributed by atoms with van der Waals surface area (Å²) in [5.41, 5.74) is -0.468. The summed E-state index contributed by atoms with van der Waals surface area (Å²) in [4.78, 5) is 13.6. The molecule has 2 atom stereocenters. The molecule has 0 spiro atoms. The molecule has 0 bridgehead atoms. The molecule has 0 aromatic heterocycles. The zero-order valence-electron chi connectivity index (χ0n) is 11.8. The molecule has 5 heteroatoms. The maximum absolute atomic E-state index is 11.9. The number of aliphatic hydroxyl groups is 1. The molecule has 0 aromatic rings. The minimum atomic E-state index is -0.468. The van der Waals surface area contributed by atoms with Crippen LogP contribution in [0, 0.1) is 0 Å². The number of hydrogen-bond donors (Lipinski definition) is 1. The first-order chi connectivity index (χ1) is 8.28. The average Bonchev–Trinajstić information content (AvgIpc) is 2.24. The SMILES string of the molecule is CC(O)CCC1CN(C(=O)OC(C)(C)C)CCO1. The lowest BCUT2D eigenvalue weighted by molar-refractivity contribution is -0.0476. The number of carbonyl (C=O) groups is 1.